The van der Waals surface area contributed by atoms with Gasteiger partial charge in [0.15, 0.2) is 0 Å². The summed E-state index contributed by atoms with van der Waals surface area (Å²) in [5.74, 6) is 1.19. The van der Waals surface area contributed by atoms with E-state index in [4.69, 9.17) is 16.0 Å². The van der Waals surface area contributed by atoms with Crippen molar-refractivity contribution >= 4 is 28.9 Å². The lowest BCUT2D eigenvalue weighted by Crippen LogP contribution is -2.54. The Morgan fingerprint density at radius 2 is 1.90 bits per heavy atom. The standard InChI is InChI=1S/C23H22ClN3O4/c1-15-14-25(21-9-8-18(27(29)30)13-20(21)24)10-11-26(15)23(28)19-12-16(2)31-22(19)17-6-4-3-5-7-17/h3-9,12-13,15H,10-11,14H2,1-2H3/t15-/m0/s1. The molecule has 1 fully saturated rings. The molecule has 0 N–H and O–H groups in total. The number of halogens is 1. The minimum atomic E-state index is -0.466. The average molecular weight is 440 g/mol. The molecule has 1 aromatic heterocycles. The monoisotopic (exact) mass is 439 g/mol. The quantitative estimate of drug-likeness (QED) is 0.414. The van der Waals surface area contributed by atoms with Crippen molar-refractivity contribution in [2.24, 2.45) is 0 Å². The number of nitro groups is 1. The lowest BCUT2D eigenvalue weighted by atomic mass is 10.1. The molecule has 1 saturated heterocycles. The van der Waals surface area contributed by atoms with Crippen molar-refractivity contribution in [2.45, 2.75) is 19.9 Å². The van der Waals surface area contributed by atoms with Crippen LogP contribution in [-0.2, 0) is 0 Å². The zero-order chi connectivity index (χ0) is 22.1. The van der Waals surface area contributed by atoms with Crippen LogP contribution in [0.2, 0.25) is 5.02 Å². The Kier molecular flexibility index (Phi) is 5.69. The lowest BCUT2D eigenvalue weighted by molar-refractivity contribution is -0.384. The van der Waals surface area contributed by atoms with Crippen molar-refractivity contribution in [1.29, 1.82) is 0 Å². The zero-order valence-electron chi connectivity index (χ0n) is 17.2. The largest absolute Gasteiger partial charge is 0.461 e. The number of carbonyl (C=O) groups is 1. The smallest absolute Gasteiger partial charge is 0.271 e. The average Bonchev–Trinajstić information content (AvgIpc) is 3.15. The molecule has 0 saturated carbocycles. The van der Waals surface area contributed by atoms with Gasteiger partial charge in [-0.05, 0) is 26.0 Å². The molecule has 31 heavy (non-hydrogen) atoms. The van der Waals surface area contributed by atoms with Crippen molar-refractivity contribution in [3.8, 4) is 11.3 Å². The Labute approximate surface area is 185 Å². The van der Waals surface area contributed by atoms with Crippen LogP contribution in [0.1, 0.15) is 23.0 Å². The molecular formula is C23H22ClN3O4. The van der Waals surface area contributed by atoms with Crippen LogP contribution in [-0.4, -0.2) is 41.4 Å². The molecule has 4 rings (SSSR count). The summed E-state index contributed by atoms with van der Waals surface area (Å²) in [5.41, 5.74) is 2.11. The topological polar surface area (TPSA) is 79.8 Å². The van der Waals surface area contributed by atoms with Gasteiger partial charge in [0.05, 0.1) is 21.2 Å². The molecule has 1 aliphatic rings. The van der Waals surface area contributed by atoms with Crippen LogP contribution in [0.15, 0.2) is 59.0 Å². The lowest BCUT2D eigenvalue weighted by Gasteiger charge is -2.41. The van der Waals surface area contributed by atoms with Crippen LogP contribution in [0.4, 0.5) is 11.4 Å². The first-order valence-corrected chi connectivity index (χ1v) is 10.4. The molecule has 1 atom stereocenters. The first-order chi connectivity index (χ1) is 14.8. The summed E-state index contributed by atoms with van der Waals surface area (Å²) in [4.78, 5) is 27.8. The summed E-state index contributed by atoms with van der Waals surface area (Å²) in [7, 11) is 0. The second-order valence-corrected chi connectivity index (χ2v) is 8.06. The summed E-state index contributed by atoms with van der Waals surface area (Å²) in [6, 6.07) is 15.8. The van der Waals surface area contributed by atoms with Crippen LogP contribution in [0.25, 0.3) is 11.3 Å². The third-order valence-electron chi connectivity index (χ3n) is 5.49. The molecule has 160 valence electrons. The van der Waals surface area contributed by atoms with Gasteiger partial charge in [0.2, 0.25) is 0 Å². The molecule has 0 aliphatic carbocycles. The second-order valence-electron chi connectivity index (χ2n) is 7.65. The van der Waals surface area contributed by atoms with Crippen molar-refractivity contribution < 1.29 is 14.1 Å². The first kappa shape index (κ1) is 20.9. The van der Waals surface area contributed by atoms with E-state index in [-0.39, 0.29) is 17.6 Å². The summed E-state index contributed by atoms with van der Waals surface area (Å²) >= 11 is 6.30. The third-order valence-corrected chi connectivity index (χ3v) is 5.80. The fourth-order valence-corrected chi connectivity index (χ4v) is 4.27. The van der Waals surface area contributed by atoms with Gasteiger partial charge < -0.3 is 14.2 Å². The number of piperazine rings is 1. The van der Waals surface area contributed by atoms with Crippen LogP contribution < -0.4 is 4.90 Å². The molecule has 2 aromatic carbocycles. The highest BCUT2D eigenvalue weighted by Crippen LogP contribution is 2.33. The Balaban J connectivity index is 1.54. The molecule has 0 unspecified atom stereocenters. The van der Waals surface area contributed by atoms with Crippen LogP contribution in [0, 0.1) is 17.0 Å². The van der Waals surface area contributed by atoms with Gasteiger partial charge in [0.25, 0.3) is 11.6 Å². The van der Waals surface area contributed by atoms with Gasteiger partial charge in [-0.2, -0.15) is 0 Å². The van der Waals surface area contributed by atoms with Crippen LogP contribution >= 0.6 is 11.6 Å². The van der Waals surface area contributed by atoms with Gasteiger partial charge in [-0.15, -0.1) is 0 Å². The number of hydrogen-bond donors (Lipinski definition) is 0. The fraction of sp³-hybridized carbons (Fsp3) is 0.261. The minimum absolute atomic E-state index is 0.0422. The number of aryl methyl sites for hydroxylation is 1. The molecular weight excluding hydrogens is 418 g/mol. The molecule has 0 spiro atoms. The molecule has 3 aromatic rings. The second kappa shape index (κ2) is 8.43. The van der Waals surface area contributed by atoms with E-state index >= 15 is 0 Å². The van der Waals surface area contributed by atoms with E-state index in [1.807, 2.05) is 49.1 Å². The van der Waals surface area contributed by atoms with Gasteiger partial charge in [-0.3, -0.25) is 14.9 Å². The fourth-order valence-electron chi connectivity index (χ4n) is 3.98. The van der Waals surface area contributed by atoms with Crippen molar-refractivity contribution in [3.05, 3.63) is 81.1 Å². The molecule has 0 bridgehead atoms. The van der Waals surface area contributed by atoms with E-state index in [0.29, 0.717) is 41.7 Å². The van der Waals surface area contributed by atoms with Gasteiger partial charge in [0.1, 0.15) is 11.5 Å². The van der Waals surface area contributed by atoms with E-state index in [2.05, 4.69) is 4.90 Å². The number of non-ortho nitro benzene ring substituents is 1. The summed E-state index contributed by atoms with van der Waals surface area (Å²) < 4.78 is 5.85. The molecule has 7 nitrogen and oxygen atoms in total. The highest BCUT2D eigenvalue weighted by Gasteiger charge is 2.31. The molecule has 8 heteroatoms. The van der Waals surface area contributed by atoms with E-state index < -0.39 is 4.92 Å². The number of rotatable bonds is 4. The number of amides is 1. The predicted octanol–water partition coefficient (Wildman–Crippen LogP) is 5.17. The number of furan rings is 1. The van der Waals surface area contributed by atoms with E-state index in [1.54, 1.807) is 12.1 Å². The Morgan fingerprint density at radius 1 is 1.16 bits per heavy atom. The SMILES string of the molecule is Cc1cc(C(=O)N2CCN(c3ccc([N+](=O)[O-])cc3Cl)C[C@@H]2C)c(-c2ccccc2)o1. The van der Waals surface area contributed by atoms with Gasteiger partial charge in [0, 0.05) is 43.4 Å². The van der Waals surface area contributed by atoms with Gasteiger partial charge >= 0.3 is 0 Å². The van der Waals surface area contributed by atoms with E-state index in [1.165, 1.54) is 12.1 Å². The maximum absolute atomic E-state index is 13.4. The minimum Gasteiger partial charge on any atom is -0.461 e. The number of hydrogen-bond acceptors (Lipinski definition) is 5. The maximum Gasteiger partial charge on any atom is 0.271 e. The summed E-state index contributed by atoms with van der Waals surface area (Å²) in [6.45, 7) is 5.47. The predicted molar refractivity (Wildman–Crippen MR) is 120 cm³/mol. The highest BCUT2D eigenvalue weighted by molar-refractivity contribution is 6.33. The number of benzene rings is 2. The van der Waals surface area contributed by atoms with E-state index in [0.717, 1.165) is 11.3 Å². The number of nitrogens with zero attached hydrogens (tertiary/aromatic N) is 3. The van der Waals surface area contributed by atoms with Gasteiger partial charge in [-0.1, -0.05) is 41.9 Å². The van der Waals surface area contributed by atoms with Crippen molar-refractivity contribution in [2.75, 3.05) is 24.5 Å². The van der Waals surface area contributed by atoms with Crippen LogP contribution in [0.3, 0.4) is 0 Å². The highest BCUT2D eigenvalue weighted by atomic mass is 35.5. The zero-order valence-corrected chi connectivity index (χ0v) is 18.0. The molecule has 1 amide bonds. The molecule has 2 heterocycles. The normalized spacial score (nSPS) is 16.4. The Bertz CT molecular complexity index is 1130. The van der Waals surface area contributed by atoms with Gasteiger partial charge in [-0.25, -0.2) is 0 Å². The maximum atomic E-state index is 13.4. The number of carbonyl (C=O) groups excluding carboxylic acids is 1. The molecule has 1 aliphatic heterocycles. The van der Waals surface area contributed by atoms with Crippen LogP contribution in [0.5, 0.6) is 0 Å². The summed E-state index contributed by atoms with van der Waals surface area (Å²) in [6.07, 6.45) is 0. The Hall–Kier alpha value is -3.32. The summed E-state index contributed by atoms with van der Waals surface area (Å²) in [5, 5.41) is 11.3. The number of anilines is 1. The molecule has 0 radical (unpaired) electrons. The Morgan fingerprint density at radius 3 is 2.55 bits per heavy atom. The van der Waals surface area contributed by atoms with Crippen molar-refractivity contribution in [1.82, 2.24) is 4.90 Å². The third kappa shape index (κ3) is 4.14. The van der Waals surface area contributed by atoms with Crippen molar-refractivity contribution in [3.63, 3.8) is 0 Å². The van der Waals surface area contributed by atoms with E-state index in [9.17, 15) is 14.9 Å². The first-order valence-electron chi connectivity index (χ1n) is 10.0. The number of nitro benzene ring substituents is 1.